The summed E-state index contributed by atoms with van der Waals surface area (Å²) >= 11 is 0. The average molecular weight is 353 g/mol. The van der Waals surface area contributed by atoms with Gasteiger partial charge in [-0.3, -0.25) is 19.7 Å². The van der Waals surface area contributed by atoms with Crippen LogP contribution in [0.4, 0.5) is 17.1 Å². The van der Waals surface area contributed by atoms with Gasteiger partial charge < -0.3 is 10.2 Å². The quantitative estimate of drug-likeness (QED) is 0.675. The number of carbonyl (C=O) groups excluding carboxylic acids is 2. The van der Waals surface area contributed by atoms with Gasteiger partial charge in [0.1, 0.15) is 5.69 Å². The molecule has 26 heavy (non-hydrogen) atoms. The van der Waals surface area contributed by atoms with Crippen molar-refractivity contribution in [2.75, 3.05) is 16.8 Å². The van der Waals surface area contributed by atoms with Crippen LogP contribution in [0.15, 0.2) is 42.5 Å². The van der Waals surface area contributed by atoms with Gasteiger partial charge in [-0.15, -0.1) is 0 Å². The van der Waals surface area contributed by atoms with Crippen molar-refractivity contribution < 1.29 is 14.5 Å². The molecule has 0 aromatic heterocycles. The van der Waals surface area contributed by atoms with Crippen molar-refractivity contribution in [1.82, 2.24) is 0 Å². The van der Waals surface area contributed by atoms with Crippen molar-refractivity contribution in [1.29, 1.82) is 0 Å². The van der Waals surface area contributed by atoms with E-state index in [0.717, 1.165) is 16.8 Å². The van der Waals surface area contributed by atoms with E-state index in [4.69, 9.17) is 0 Å². The first-order chi connectivity index (χ1) is 12.3. The summed E-state index contributed by atoms with van der Waals surface area (Å²) in [5.74, 6) is -1.07. The third kappa shape index (κ3) is 3.56. The molecule has 0 bridgehead atoms. The molecule has 134 valence electrons. The van der Waals surface area contributed by atoms with Crippen molar-refractivity contribution in [2.24, 2.45) is 5.92 Å². The highest BCUT2D eigenvalue weighted by atomic mass is 16.6. The first-order valence-corrected chi connectivity index (χ1v) is 8.28. The first kappa shape index (κ1) is 17.6. The number of carbonyl (C=O) groups is 2. The van der Waals surface area contributed by atoms with Gasteiger partial charge in [0.2, 0.25) is 11.8 Å². The lowest BCUT2D eigenvalue weighted by Crippen LogP contribution is -2.28. The number of nitro benzene ring substituents is 1. The maximum atomic E-state index is 12.6. The molecule has 0 saturated carbocycles. The molecule has 3 rings (SSSR count). The highest BCUT2D eigenvalue weighted by molar-refractivity contribution is 6.04. The second-order valence-corrected chi connectivity index (χ2v) is 6.51. The number of anilines is 2. The number of nitro groups is 1. The van der Waals surface area contributed by atoms with Crippen LogP contribution in [0.2, 0.25) is 0 Å². The maximum absolute atomic E-state index is 12.6. The lowest BCUT2D eigenvalue weighted by Gasteiger charge is -2.17. The molecule has 0 radical (unpaired) electrons. The molecular weight excluding hydrogens is 334 g/mol. The molecule has 1 saturated heterocycles. The van der Waals surface area contributed by atoms with Gasteiger partial charge in [-0.1, -0.05) is 18.2 Å². The Morgan fingerprint density at radius 2 is 1.92 bits per heavy atom. The third-order valence-corrected chi connectivity index (χ3v) is 4.42. The normalized spacial score (nSPS) is 16.6. The first-order valence-electron chi connectivity index (χ1n) is 8.28. The molecule has 0 aliphatic carbocycles. The minimum Gasteiger partial charge on any atom is -0.320 e. The molecule has 7 heteroatoms. The number of nitrogens with zero attached hydrogens (tertiary/aromatic N) is 2. The Bertz CT molecular complexity index is 894. The standard InChI is InChI=1S/C19H19N3O4/c1-12-4-3-5-15(8-12)21-11-14(10-18(21)23)19(24)20-16-7-6-13(2)9-17(16)22(25)26/h3-9,14H,10-11H2,1-2H3,(H,20,24). The fraction of sp³-hybridized carbons (Fsp3) is 0.263. The van der Waals surface area contributed by atoms with Gasteiger partial charge in [-0.05, 0) is 43.2 Å². The minimum absolute atomic E-state index is 0.0828. The number of rotatable bonds is 4. The molecule has 1 aliphatic heterocycles. The van der Waals surface area contributed by atoms with Crippen LogP contribution in [0, 0.1) is 29.9 Å². The predicted molar refractivity (Wildman–Crippen MR) is 98.1 cm³/mol. The minimum atomic E-state index is -0.552. The SMILES string of the molecule is Cc1cccc(N2CC(C(=O)Nc3ccc(C)cc3[N+](=O)[O-])CC2=O)c1. The van der Waals surface area contributed by atoms with Crippen LogP contribution in [0.25, 0.3) is 0 Å². The van der Waals surface area contributed by atoms with Crippen LogP contribution in [-0.2, 0) is 9.59 Å². The van der Waals surface area contributed by atoms with Crippen molar-refractivity contribution in [3.8, 4) is 0 Å². The van der Waals surface area contributed by atoms with Crippen LogP contribution in [-0.4, -0.2) is 23.3 Å². The summed E-state index contributed by atoms with van der Waals surface area (Å²) in [5.41, 5.74) is 2.51. The fourth-order valence-electron chi connectivity index (χ4n) is 3.06. The Morgan fingerprint density at radius 3 is 2.62 bits per heavy atom. The number of benzene rings is 2. The Morgan fingerprint density at radius 1 is 1.19 bits per heavy atom. The topological polar surface area (TPSA) is 92.6 Å². The van der Waals surface area contributed by atoms with Gasteiger partial charge in [-0.25, -0.2) is 0 Å². The number of amides is 2. The smallest absolute Gasteiger partial charge is 0.293 e. The summed E-state index contributed by atoms with van der Waals surface area (Å²) in [7, 11) is 0. The maximum Gasteiger partial charge on any atom is 0.293 e. The van der Waals surface area contributed by atoms with E-state index in [-0.39, 0.29) is 36.2 Å². The lowest BCUT2D eigenvalue weighted by molar-refractivity contribution is -0.384. The zero-order valence-corrected chi connectivity index (χ0v) is 14.6. The fourth-order valence-corrected chi connectivity index (χ4v) is 3.06. The van der Waals surface area contributed by atoms with Crippen LogP contribution in [0.1, 0.15) is 17.5 Å². The van der Waals surface area contributed by atoms with E-state index in [2.05, 4.69) is 5.32 Å². The van der Waals surface area contributed by atoms with E-state index in [1.807, 2.05) is 31.2 Å². The number of aryl methyl sites for hydroxylation is 2. The van der Waals surface area contributed by atoms with Gasteiger partial charge >= 0.3 is 0 Å². The number of hydrogen-bond donors (Lipinski definition) is 1. The van der Waals surface area contributed by atoms with E-state index in [1.165, 1.54) is 12.1 Å². The van der Waals surface area contributed by atoms with E-state index in [9.17, 15) is 19.7 Å². The van der Waals surface area contributed by atoms with Crippen molar-refractivity contribution in [3.63, 3.8) is 0 Å². The lowest BCUT2D eigenvalue weighted by atomic mass is 10.1. The molecule has 0 spiro atoms. The number of nitrogens with one attached hydrogen (secondary N) is 1. The summed E-state index contributed by atoms with van der Waals surface area (Å²) in [4.78, 5) is 37.1. The summed E-state index contributed by atoms with van der Waals surface area (Å²) in [6.45, 7) is 3.94. The van der Waals surface area contributed by atoms with Crippen LogP contribution in [0.3, 0.4) is 0 Å². The summed E-state index contributed by atoms with van der Waals surface area (Å²) < 4.78 is 0. The summed E-state index contributed by atoms with van der Waals surface area (Å²) in [5, 5.41) is 13.8. The highest BCUT2D eigenvalue weighted by Gasteiger charge is 2.35. The molecule has 2 amide bonds. The molecular formula is C19H19N3O4. The van der Waals surface area contributed by atoms with Gasteiger partial charge in [0.25, 0.3) is 5.69 Å². The molecule has 1 heterocycles. The Kier molecular flexibility index (Phi) is 4.71. The molecule has 7 nitrogen and oxygen atoms in total. The van der Waals surface area contributed by atoms with Crippen LogP contribution in [0.5, 0.6) is 0 Å². The van der Waals surface area contributed by atoms with E-state index in [0.29, 0.717) is 0 Å². The monoisotopic (exact) mass is 353 g/mol. The van der Waals surface area contributed by atoms with Gasteiger partial charge in [0, 0.05) is 24.7 Å². The molecule has 1 aliphatic rings. The van der Waals surface area contributed by atoms with Gasteiger partial charge in [0.05, 0.1) is 10.8 Å². The van der Waals surface area contributed by atoms with E-state index in [1.54, 1.807) is 17.9 Å². The second kappa shape index (κ2) is 6.95. The van der Waals surface area contributed by atoms with E-state index >= 15 is 0 Å². The Balaban J connectivity index is 1.76. The molecule has 1 atom stereocenters. The van der Waals surface area contributed by atoms with Crippen LogP contribution < -0.4 is 10.2 Å². The molecule has 2 aromatic carbocycles. The summed E-state index contributed by atoms with van der Waals surface area (Å²) in [6, 6.07) is 12.1. The Labute approximate surface area is 150 Å². The zero-order chi connectivity index (χ0) is 18.8. The highest BCUT2D eigenvalue weighted by Crippen LogP contribution is 2.29. The Hall–Kier alpha value is -3.22. The largest absolute Gasteiger partial charge is 0.320 e. The van der Waals surface area contributed by atoms with Crippen molar-refractivity contribution >= 4 is 28.9 Å². The predicted octanol–water partition coefficient (Wildman–Crippen LogP) is 3.20. The van der Waals surface area contributed by atoms with E-state index < -0.39 is 10.8 Å². The average Bonchev–Trinajstić information content (AvgIpc) is 2.98. The van der Waals surface area contributed by atoms with Crippen LogP contribution >= 0.6 is 0 Å². The molecule has 1 fully saturated rings. The number of hydrogen-bond acceptors (Lipinski definition) is 4. The third-order valence-electron chi connectivity index (χ3n) is 4.42. The van der Waals surface area contributed by atoms with Crippen molar-refractivity contribution in [3.05, 3.63) is 63.7 Å². The van der Waals surface area contributed by atoms with Crippen molar-refractivity contribution in [2.45, 2.75) is 20.3 Å². The summed E-state index contributed by atoms with van der Waals surface area (Å²) in [6.07, 6.45) is 0.0828. The molecule has 2 aromatic rings. The van der Waals surface area contributed by atoms with Gasteiger partial charge in [0.15, 0.2) is 0 Å². The molecule has 1 N–H and O–H groups in total. The molecule has 1 unspecified atom stereocenters. The second-order valence-electron chi connectivity index (χ2n) is 6.51. The zero-order valence-electron chi connectivity index (χ0n) is 14.6. The van der Waals surface area contributed by atoms with Gasteiger partial charge in [-0.2, -0.15) is 0 Å².